The van der Waals surface area contributed by atoms with Crippen molar-refractivity contribution in [3.63, 3.8) is 0 Å². The van der Waals surface area contributed by atoms with Crippen LogP contribution in [-0.2, 0) is 16.0 Å². The number of hydrogen-bond acceptors (Lipinski definition) is 2. The van der Waals surface area contributed by atoms with Gasteiger partial charge in [-0.25, -0.2) is 0 Å². The van der Waals surface area contributed by atoms with E-state index >= 15 is 0 Å². The van der Waals surface area contributed by atoms with E-state index in [1.165, 1.54) is 0 Å². The molecule has 0 saturated heterocycles. The highest BCUT2D eigenvalue weighted by Gasteiger charge is 2.11. The fourth-order valence-electron chi connectivity index (χ4n) is 1.78. The van der Waals surface area contributed by atoms with Crippen LogP contribution in [0.2, 0.25) is 0 Å². The molecule has 0 bridgehead atoms. The van der Waals surface area contributed by atoms with Crippen molar-refractivity contribution in [3.05, 3.63) is 59.7 Å². The number of hydrogen-bond donors (Lipinski definition) is 0. The summed E-state index contributed by atoms with van der Waals surface area (Å²) >= 11 is 0. The minimum Gasteiger partial charge on any atom is -0.458 e. The second-order valence-corrected chi connectivity index (χ2v) is 4.86. The molecule has 0 spiro atoms. The average molecular weight is 272 g/mol. The Balaban J connectivity index is 2.42. The van der Waals surface area contributed by atoms with Gasteiger partial charge in [-0.1, -0.05) is 55.5 Å². The number of ether oxygens (including phenoxy) is 1. The molecular weight excluding hydrogens is 248 g/mol. The standard InChI is InChI=1S/C18H24O2/c1-4-5-6-8-11-15(2)16(3)20-18(19)14-17-12-9-7-10-13-17/h5-7,9-13,16H,4,8,14H2,1-3H3/b6-5+,15-11+. The molecule has 0 N–H and O–H groups in total. The van der Waals surface area contributed by atoms with Crippen molar-refractivity contribution in [1.82, 2.24) is 0 Å². The number of esters is 1. The van der Waals surface area contributed by atoms with E-state index < -0.39 is 0 Å². The molecule has 0 aliphatic rings. The van der Waals surface area contributed by atoms with Gasteiger partial charge in [-0.2, -0.15) is 0 Å². The molecule has 1 aromatic carbocycles. The Hall–Kier alpha value is -1.83. The van der Waals surface area contributed by atoms with Gasteiger partial charge in [-0.05, 0) is 37.8 Å². The zero-order valence-electron chi connectivity index (χ0n) is 12.6. The third kappa shape index (κ3) is 6.37. The highest BCUT2D eigenvalue weighted by molar-refractivity contribution is 5.72. The number of rotatable bonds is 7. The minimum atomic E-state index is -0.180. The van der Waals surface area contributed by atoms with Crippen LogP contribution in [0.25, 0.3) is 0 Å². The number of carbonyl (C=O) groups is 1. The summed E-state index contributed by atoms with van der Waals surface area (Å²) in [5.74, 6) is -0.180. The van der Waals surface area contributed by atoms with Crippen molar-refractivity contribution in [1.29, 1.82) is 0 Å². The van der Waals surface area contributed by atoms with Crippen LogP contribution in [-0.4, -0.2) is 12.1 Å². The molecule has 20 heavy (non-hydrogen) atoms. The van der Waals surface area contributed by atoms with Crippen LogP contribution in [0.5, 0.6) is 0 Å². The molecule has 2 nitrogen and oxygen atoms in total. The van der Waals surface area contributed by atoms with Crippen LogP contribution in [0, 0.1) is 0 Å². The first-order chi connectivity index (χ1) is 9.63. The van der Waals surface area contributed by atoms with E-state index in [2.05, 4.69) is 25.2 Å². The van der Waals surface area contributed by atoms with Gasteiger partial charge in [0, 0.05) is 0 Å². The summed E-state index contributed by atoms with van der Waals surface area (Å²) in [6.45, 7) is 6.03. The predicted octanol–water partition coefficient (Wildman–Crippen LogP) is 4.46. The van der Waals surface area contributed by atoms with E-state index in [0.717, 1.165) is 24.0 Å². The van der Waals surface area contributed by atoms with Gasteiger partial charge in [-0.15, -0.1) is 0 Å². The van der Waals surface area contributed by atoms with Crippen LogP contribution < -0.4 is 0 Å². The van der Waals surface area contributed by atoms with E-state index in [1.807, 2.05) is 44.2 Å². The van der Waals surface area contributed by atoms with E-state index in [4.69, 9.17) is 4.74 Å². The fourth-order valence-corrected chi connectivity index (χ4v) is 1.78. The average Bonchev–Trinajstić information content (AvgIpc) is 2.44. The van der Waals surface area contributed by atoms with E-state index in [9.17, 15) is 4.79 Å². The third-order valence-electron chi connectivity index (χ3n) is 3.12. The second-order valence-electron chi connectivity index (χ2n) is 4.86. The molecule has 1 aromatic rings. The first-order valence-electron chi connectivity index (χ1n) is 7.18. The molecule has 0 saturated carbocycles. The molecule has 108 valence electrons. The Labute approximate surface area is 122 Å². The lowest BCUT2D eigenvalue weighted by molar-refractivity contribution is -0.145. The fraction of sp³-hybridized carbons (Fsp3) is 0.389. The van der Waals surface area contributed by atoms with Crippen LogP contribution in [0.4, 0.5) is 0 Å². The third-order valence-corrected chi connectivity index (χ3v) is 3.12. The Morgan fingerprint density at radius 1 is 1.25 bits per heavy atom. The Bertz CT molecular complexity index is 458. The first-order valence-corrected chi connectivity index (χ1v) is 7.18. The van der Waals surface area contributed by atoms with Crippen molar-refractivity contribution in [3.8, 4) is 0 Å². The largest absolute Gasteiger partial charge is 0.458 e. The Morgan fingerprint density at radius 2 is 1.95 bits per heavy atom. The first kappa shape index (κ1) is 16.2. The van der Waals surface area contributed by atoms with Gasteiger partial charge in [0.1, 0.15) is 6.10 Å². The van der Waals surface area contributed by atoms with Gasteiger partial charge in [0.05, 0.1) is 6.42 Å². The van der Waals surface area contributed by atoms with Crippen LogP contribution in [0.3, 0.4) is 0 Å². The molecule has 0 aliphatic heterocycles. The number of carbonyl (C=O) groups excluding carboxylic acids is 1. The SMILES string of the molecule is CC/C=C/C/C=C(\C)C(C)OC(=O)Cc1ccccc1. The van der Waals surface area contributed by atoms with Gasteiger partial charge < -0.3 is 4.74 Å². The minimum absolute atomic E-state index is 0.166. The maximum atomic E-state index is 11.8. The molecule has 1 atom stereocenters. The summed E-state index contributed by atoms with van der Waals surface area (Å²) in [4.78, 5) is 11.8. The predicted molar refractivity (Wildman–Crippen MR) is 83.5 cm³/mol. The number of benzene rings is 1. The summed E-state index contributed by atoms with van der Waals surface area (Å²) in [5.41, 5.74) is 2.07. The second kappa shape index (κ2) is 9.13. The zero-order valence-corrected chi connectivity index (χ0v) is 12.6. The molecule has 0 aliphatic carbocycles. The Kier molecular flexibility index (Phi) is 7.41. The van der Waals surface area contributed by atoms with E-state index in [0.29, 0.717) is 6.42 Å². The molecule has 0 aromatic heterocycles. The van der Waals surface area contributed by atoms with E-state index in [1.54, 1.807) is 0 Å². The van der Waals surface area contributed by atoms with Crippen molar-refractivity contribution >= 4 is 5.97 Å². The maximum absolute atomic E-state index is 11.8. The summed E-state index contributed by atoms with van der Waals surface area (Å²) in [7, 11) is 0. The Morgan fingerprint density at radius 3 is 2.60 bits per heavy atom. The van der Waals surface area contributed by atoms with Crippen molar-refractivity contribution in [2.45, 2.75) is 46.1 Å². The van der Waals surface area contributed by atoms with Gasteiger partial charge in [0.25, 0.3) is 0 Å². The lowest BCUT2D eigenvalue weighted by Gasteiger charge is -2.14. The molecule has 0 fully saturated rings. The molecular formula is C18H24O2. The molecule has 0 amide bonds. The van der Waals surface area contributed by atoms with E-state index in [-0.39, 0.29) is 12.1 Å². The van der Waals surface area contributed by atoms with Gasteiger partial charge in [-0.3, -0.25) is 4.79 Å². The smallest absolute Gasteiger partial charge is 0.310 e. The molecule has 1 unspecified atom stereocenters. The van der Waals surface area contributed by atoms with Crippen molar-refractivity contribution < 1.29 is 9.53 Å². The highest BCUT2D eigenvalue weighted by atomic mass is 16.5. The molecule has 2 heteroatoms. The van der Waals surface area contributed by atoms with Crippen molar-refractivity contribution in [2.24, 2.45) is 0 Å². The van der Waals surface area contributed by atoms with Crippen LogP contribution in [0.1, 0.15) is 39.2 Å². The lowest BCUT2D eigenvalue weighted by atomic mass is 10.1. The maximum Gasteiger partial charge on any atom is 0.310 e. The summed E-state index contributed by atoms with van der Waals surface area (Å²) in [5, 5.41) is 0. The highest BCUT2D eigenvalue weighted by Crippen LogP contribution is 2.09. The van der Waals surface area contributed by atoms with Crippen LogP contribution >= 0.6 is 0 Å². The van der Waals surface area contributed by atoms with Crippen LogP contribution in [0.15, 0.2) is 54.1 Å². The number of allylic oxidation sites excluding steroid dienone is 3. The molecule has 1 rings (SSSR count). The normalized spacial score (nSPS) is 13.4. The molecule has 0 heterocycles. The van der Waals surface area contributed by atoms with Gasteiger partial charge in [0.15, 0.2) is 0 Å². The van der Waals surface area contributed by atoms with Gasteiger partial charge >= 0.3 is 5.97 Å². The quantitative estimate of drug-likeness (QED) is 0.541. The van der Waals surface area contributed by atoms with Gasteiger partial charge in [0.2, 0.25) is 0 Å². The summed E-state index contributed by atoms with van der Waals surface area (Å²) in [6.07, 6.45) is 8.47. The van der Waals surface area contributed by atoms with Crippen molar-refractivity contribution in [2.75, 3.05) is 0 Å². The summed E-state index contributed by atoms with van der Waals surface area (Å²) in [6, 6.07) is 9.66. The topological polar surface area (TPSA) is 26.3 Å². The molecule has 0 radical (unpaired) electrons. The lowest BCUT2D eigenvalue weighted by Crippen LogP contribution is -2.17. The summed E-state index contributed by atoms with van der Waals surface area (Å²) < 4.78 is 5.44. The zero-order chi connectivity index (χ0) is 14.8. The monoisotopic (exact) mass is 272 g/mol.